The largest absolute Gasteiger partial charge is 0.363 e. The molecule has 0 radical (unpaired) electrons. The van der Waals surface area contributed by atoms with Crippen LogP contribution in [0.5, 0.6) is 0 Å². The quantitative estimate of drug-likeness (QED) is 0.350. The van der Waals surface area contributed by atoms with Gasteiger partial charge in [-0.05, 0) is 6.92 Å². The van der Waals surface area contributed by atoms with Gasteiger partial charge < -0.3 is 5.73 Å². The molecule has 5 heteroatoms. The van der Waals surface area contributed by atoms with Crippen LogP contribution in [-0.4, -0.2) is 17.7 Å². The first kappa shape index (κ1) is 8.45. The number of Topliss-reactive ketones (excluding diaryl/α,β-unsaturated/α-hetero) is 1. The highest BCUT2D eigenvalue weighted by molar-refractivity contribution is 7.78. The molecule has 0 saturated carbocycles. The number of nitrogens with two attached hydrogens (primary N) is 1. The molecule has 0 aliphatic rings. The third-order valence-corrected chi connectivity index (χ3v) is 1.22. The maximum atomic E-state index is 10.5. The molecule has 9 heavy (non-hydrogen) atoms. The Hall–Kier alpha value is -0.550. The SMILES string of the molecule is CC(NS)C(=O)C(N)=O. The number of thiol groups is 1. The molecule has 0 heterocycles. The second-order valence-electron chi connectivity index (χ2n) is 1.58. The molecule has 0 spiro atoms. The van der Waals surface area contributed by atoms with Crippen molar-refractivity contribution >= 4 is 24.5 Å². The van der Waals surface area contributed by atoms with E-state index in [-0.39, 0.29) is 0 Å². The lowest BCUT2D eigenvalue weighted by Gasteiger charge is -2.02. The number of rotatable bonds is 3. The van der Waals surface area contributed by atoms with Gasteiger partial charge in [-0.2, -0.15) is 0 Å². The van der Waals surface area contributed by atoms with Crippen LogP contribution in [0.1, 0.15) is 6.92 Å². The molecule has 4 nitrogen and oxygen atoms in total. The third kappa shape index (κ3) is 2.48. The van der Waals surface area contributed by atoms with Gasteiger partial charge in [-0.3, -0.25) is 14.3 Å². The van der Waals surface area contributed by atoms with E-state index in [1.165, 1.54) is 6.92 Å². The fraction of sp³-hybridized carbons (Fsp3) is 0.500. The Balaban J connectivity index is 3.88. The highest BCUT2D eigenvalue weighted by atomic mass is 32.1. The molecule has 1 amide bonds. The molecule has 0 saturated heterocycles. The van der Waals surface area contributed by atoms with Gasteiger partial charge in [0.15, 0.2) is 0 Å². The minimum Gasteiger partial charge on any atom is -0.363 e. The van der Waals surface area contributed by atoms with E-state index in [2.05, 4.69) is 23.3 Å². The molecule has 0 aromatic rings. The predicted molar refractivity (Wildman–Crippen MR) is 35.8 cm³/mol. The van der Waals surface area contributed by atoms with Crippen LogP contribution in [-0.2, 0) is 9.59 Å². The fourth-order valence-electron chi connectivity index (χ4n) is 0.272. The summed E-state index contributed by atoms with van der Waals surface area (Å²) >= 11 is 3.57. The van der Waals surface area contributed by atoms with E-state index in [9.17, 15) is 9.59 Å². The number of hydrogen-bond acceptors (Lipinski definition) is 4. The average molecular weight is 148 g/mol. The topological polar surface area (TPSA) is 72.2 Å². The van der Waals surface area contributed by atoms with E-state index in [1.54, 1.807) is 0 Å². The van der Waals surface area contributed by atoms with Crippen molar-refractivity contribution in [2.24, 2.45) is 5.73 Å². The van der Waals surface area contributed by atoms with Gasteiger partial charge in [0.05, 0.1) is 6.04 Å². The lowest BCUT2D eigenvalue weighted by molar-refractivity contribution is -0.136. The molecule has 0 aromatic heterocycles. The third-order valence-electron chi connectivity index (χ3n) is 0.830. The van der Waals surface area contributed by atoms with Crippen LogP contribution in [0.25, 0.3) is 0 Å². The van der Waals surface area contributed by atoms with Gasteiger partial charge in [-0.1, -0.05) is 12.8 Å². The van der Waals surface area contributed by atoms with Gasteiger partial charge in [0.2, 0.25) is 5.78 Å². The zero-order valence-corrected chi connectivity index (χ0v) is 5.81. The first-order valence-corrected chi connectivity index (χ1v) is 2.77. The molecule has 0 aromatic carbocycles. The van der Waals surface area contributed by atoms with E-state index >= 15 is 0 Å². The zero-order valence-electron chi connectivity index (χ0n) is 4.92. The molecule has 1 unspecified atom stereocenters. The number of primary amides is 1. The van der Waals surface area contributed by atoms with Crippen molar-refractivity contribution in [2.75, 3.05) is 0 Å². The minimum absolute atomic E-state index is 0.606. The van der Waals surface area contributed by atoms with Crippen molar-refractivity contribution in [3.05, 3.63) is 0 Å². The van der Waals surface area contributed by atoms with Gasteiger partial charge in [0.1, 0.15) is 0 Å². The number of hydrogen-bond donors (Lipinski definition) is 3. The van der Waals surface area contributed by atoms with Crippen LogP contribution in [0.2, 0.25) is 0 Å². The Kier molecular flexibility index (Phi) is 3.26. The molecule has 0 rings (SSSR count). The van der Waals surface area contributed by atoms with Crippen molar-refractivity contribution in [3.63, 3.8) is 0 Å². The van der Waals surface area contributed by atoms with Crippen LogP contribution in [0, 0.1) is 0 Å². The van der Waals surface area contributed by atoms with Crippen LogP contribution in [0.15, 0.2) is 0 Å². The molecule has 3 N–H and O–H groups in total. The number of carbonyl (C=O) groups excluding carboxylic acids is 2. The lowest BCUT2D eigenvalue weighted by atomic mass is 10.2. The van der Waals surface area contributed by atoms with E-state index < -0.39 is 17.7 Å². The summed E-state index contributed by atoms with van der Waals surface area (Å²) in [6, 6.07) is -0.606. The van der Waals surface area contributed by atoms with Gasteiger partial charge >= 0.3 is 0 Å². The smallest absolute Gasteiger partial charge is 0.286 e. The Morgan fingerprint density at radius 2 is 2.11 bits per heavy atom. The van der Waals surface area contributed by atoms with Crippen LogP contribution in [0.4, 0.5) is 0 Å². The van der Waals surface area contributed by atoms with Gasteiger partial charge in [0, 0.05) is 0 Å². The standard InChI is InChI=1S/C4H8N2O2S/c1-2(6-9)3(7)4(5)8/h2,6,9H,1H3,(H2,5,8). The first-order valence-electron chi connectivity index (χ1n) is 2.33. The Morgan fingerprint density at radius 3 is 2.22 bits per heavy atom. The van der Waals surface area contributed by atoms with Crippen molar-refractivity contribution in [1.82, 2.24) is 4.72 Å². The second kappa shape index (κ2) is 3.47. The van der Waals surface area contributed by atoms with Gasteiger partial charge in [-0.25, -0.2) is 0 Å². The molecule has 52 valence electrons. The van der Waals surface area contributed by atoms with E-state index in [0.29, 0.717) is 0 Å². The number of ketones is 1. The summed E-state index contributed by atoms with van der Waals surface area (Å²) in [5.41, 5.74) is 4.65. The van der Waals surface area contributed by atoms with E-state index in [4.69, 9.17) is 0 Å². The summed E-state index contributed by atoms with van der Waals surface area (Å²) in [7, 11) is 0. The Bertz CT molecular complexity index is 137. The maximum Gasteiger partial charge on any atom is 0.286 e. The van der Waals surface area contributed by atoms with E-state index in [0.717, 1.165) is 0 Å². The molecule has 0 fully saturated rings. The Labute approximate surface area is 58.3 Å². The predicted octanol–water partition coefficient (Wildman–Crippen LogP) is -1.14. The molecule has 1 atom stereocenters. The highest BCUT2D eigenvalue weighted by Gasteiger charge is 2.15. The molecular weight excluding hydrogens is 140 g/mol. The number of nitrogens with one attached hydrogen (secondary N) is 1. The molecule has 0 bridgehead atoms. The van der Waals surface area contributed by atoms with Gasteiger partial charge in [-0.15, -0.1) is 0 Å². The first-order chi connectivity index (χ1) is 4.09. The average Bonchev–Trinajstić information content (AvgIpc) is 1.84. The van der Waals surface area contributed by atoms with Crippen molar-refractivity contribution in [3.8, 4) is 0 Å². The maximum absolute atomic E-state index is 10.5. The minimum atomic E-state index is -0.941. The normalized spacial score (nSPS) is 12.7. The van der Waals surface area contributed by atoms with Gasteiger partial charge in [0.25, 0.3) is 5.91 Å². The highest BCUT2D eigenvalue weighted by Crippen LogP contribution is 1.83. The van der Waals surface area contributed by atoms with Crippen LogP contribution in [0.3, 0.4) is 0 Å². The summed E-state index contributed by atoms with van der Waals surface area (Å²) in [6.07, 6.45) is 0. The summed E-state index contributed by atoms with van der Waals surface area (Å²) < 4.78 is 2.29. The number of amides is 1. The summed E-state index contributed by atoms with van der Waals surface area (Å²) in [5, 5.41) is 0. The summed E-state index contributed by atoms with van der Waals surface area (Å²) in [4.78, 5) is 20.6. The van der Waals surface area contributed by atoms with Crippen molar-refractivity contribution in [1.29, 1.82) is 0 Å². The Morgan fingerprint density at radius 1 is 1.67 bits per heavy atom. The van der Waals surface area contributed by atoms with Crippen molar-refractivity contribution < 1.29 is 9.59 Å². The van der Waals surface area contributed by atoms with Crippen LogP contribution >= 0.6 is 12.8 Å². The number of carbonyl (C=O) groups is 2. The summed E-state index contributed by atoms with van der Waals surface area (Å²) in [5.74, 6) is -1.60. The lowest BCUT2D eigenvalue weighted by Crippen LogP contribution is -2.37. The van der Waals surface area contributed by atoms with Crippen LogP contribution < -0.4 is 10.5 Å². The monoisotopic (exact) mass is 148 g/mol. The summed E-state index contributed by atoms with van der Waals surface area (Å²) in [6.45, 7) is 1.50. The molecule has 0 aliphatic heterocycles. The second-order valence-corrected chi connectivity index (χ2v) is 1.84. The van der Waals surface area contributed by atoms with Crippen molar-refractivity contribution in [2.45, 2.75) is 13.0 Å². The fourth-order valence-corrected chi connectivity index (χ4v) is 0.389. The van der Waals surface area contributed by atoms with E-state index in [1.807, 2.05) is 0 Å². The zero-order chi connectivity index (χ0) is 7.44. The molecular formula is C4H8N2O2S. The molecule has 0 aliphatic carbocycles.